The molecule has 11 nitrogen and oxygen atoms in total. The monoisotopic (exact) mass is 412 g/mol. The summed E-state index contributed by atoms with van der Waals surface area (Å²) in [4.78, 5) is 30.8. The number of nitro groups is 1. The first-order valence-electron chi connectivity index (χ1n) is 8.49. The van der Waals surface area contributed by atoms with Gasteiger partial charge in [0.2, 0.25) is 18.4 Å². The summed E-state index contributed by atoms with van der Waals surface area (Å²) in [5, 5.41) is 14.4. The molecule has 1 amide bonds. The Bertz CT molecular complexity index is 1120. The van der Waals surface area contributed by atoms with E-state index in [1.807, 2.05) is 0 Å². The second kappa shape index (κ2) is 7.87. The summed E-state index contributed by atoms with van der Waals surface area (Å²) < 4.78 is 23.5. The lowest BCUT2D eigenvalue weighted by atomic mass is 10.2. The van der Waals surface area contributed by atoms with Crippen LogP contribution in [0.25, 0.3) is 0 Å². The Morgan fingerprint density at radius 3 is 2.57 bits per heavy atom. The van der Waals surface area contributed by atoms with E-state index in [0.29, 0.717) is 17.2 Å². The summed E-state index contributed by atoms with van der Waals surface area (Å²) in [7, 11) is 0. The van der Waals surface area contributed by atoms with Gasteiger partial charge in [0.1, 0.15) is 12.1 Å². The topological polar surface area (TPSA) is 141 Å². The van der Waals surface area contributed by atoms with Crippen LogP contribution in [0.2, 0.25) is 0 Å². The van der Waals surface area contributed by atoms with Gasteiger partial charge in [0.25, 0.3) is 5.91 Å². The van der Waals surface area contributed by atoms with Gasteiger partial charge in [-0.15, -0.1) is 0 Å². The number of carbonyl (C=O) groups is 1. The molecule has 30 heavy (non-hydrogen) atoms. The predicted molar refractivity (Wildman–Crippen MR) is 102 cm³/mol. The summed E-state index contributed by atoms with van der Waals surface area (Å²) in [6.45, 7) is 0.0915. The Hall–Kier alpha value is -4.48. The molecule has 0 aliphatic carbocycles. The highest BCUT2D eigenvalue weighted by Crippen LogP contribution is 2.36. The van der Waals surface area contributed by atoms with Gasteiger partial charge in [0.05, 0.1) is 4.92 Å². The molecule has 3 N–H and O–H groups in total. The number of hydrogen-bond donors (Lipinski definition) is 3. The molecule has 4 rings (SSSR count). The molecule has 0 spiro atoms. The fourth-order valence-corrected chi connectivity index (χ4v) is 2.64. The van der Waals surface area contributed by atoms with Crippen LogP contribution in [-0.2, 0) is 0 Å². The van der Waals surface area contributed by atoms with Crippen molar-refractivity contribution in [3.63, 3.8) is 0 Å². The van der Waals surface area contributed by atoms with Crippen molar-refractivity contribution in [1.82, 2.24) is 15.4 Å². The molecule has 0 saturated heterocycles. The lowest BCUT2D eigenvalue weighted by Crippen LogP contribution is -2.30. The first kappa shape index (κ1) is 18.9. The molecule has 0 bridgehead atoms. The molecule has 0 unspecified atom stereocenters. The van der Waals surface area contributed by atoms with Crippen LogP contribution in [0.1, 0.15) is 10.4 Å². The van der Waals surface area contributed by atoms with E-state index in [9.17, 15) is 19.3 Å². The van der Waals surface area contributed by atoms with E-state index in [4.69, 9.17) is 9.47 Å². The van der Waals surface area contributed by atoms with Crippen LogP contribution in [0.15, 0.2) is 48.8 Å². The number of rotatable bonds is 6. The van der Waals surface area contributed by atoms with Crippen molar-refractivity contribution in [2.75, 3.05) is 17.5 Å². The number of anilines is 3. The van der Waals surface area contributed by atoms with E-state index in [0.717, 1.165) is 18.5 Å². The number of benzene rings is 2. The number of nitrogens with one attached hydrogen (secondary N) is 3. The van der Waals surface area contributed by atoms with Gasteiger partial charge in [-0.3, -0.25) is 25.8 Å². The van der Waals surface area contributed by atoms with Crippen molar-refractivity contribution in [3.8, 4) is 11.5 Å². The smallest absolute Gasteiger partial charge is 0.355 e. The van der Waals surface area contributed by atoms with Gasteiger partial charge in [-0.1, -0.05) is 0 Å². The zero-order valence-corrected chi connectivity index (χ0v) is 15.1. The molecular formula is C18H13FN6O5. The van der Waals surface area contributed by atoms with Gasteiger partial charge in [0, 0.05) is 17.3 Å². The molecule has 3 aromatic rings. The molecule has 12 heteroatoms. The van der Waals surface area contributed by atoms with Crippen LogP contribution in [0, 0.1) is 15.9 Å². The Morgan fingerprint density at radius 1 is 1.07 bits per heavy atom. The average molecular weight is 412 g/mol. The maximum Gasteiger partial charge on any atom is 0.355 e. The van der Waals surface area contributed by atoms with E-state index < -0.39 is 22.3 Å². The third-order valence-electron chi connectivity index (χ3n) is 4.04. The van der Waals surface area contributed by atoms with E-state index in [-0.39, 0.29) is 24.0 Å². The SMILES string of the molecule is O=C(NNc1ncnc(Nc2ccc3c(c2)OCO3)c1[N+](=O)[O-])c1ccc(F)cc1. The number of aromatic nitrogens is 2. The Morgan fingerprint density at radius 2 is 1.80 bits per heavy atom. The lowest BCUT2D eigenvalue weighted by Gasteiger charge is -2.11. The van der Waals surface area contributed by atoms with Crippen LogP contribution in [-0.4, -0.2) is 27.6 Å². The number of carbonyl (C=O) groups excluding carboxylic acids is 1. The molecule has 0 radical (unpaired) electrons. The van der Waals surface area contributed by atoms with Crippen LogP contribution < -0.4 is 25.6 Å². The number of amides is 1. The van der Waals surface area contributed by atoms with Crippen LogP contribution in [0.5, 0.6) is 11.5 Å². The molecule has 2 heterocycles. The molecule has 0 atom stereocenters. The maximum atomic E-state index is 13.0. The number of fused-ring (bicyclic) bond motifs is 1. The number of nitrogens with zero attached hydrogens (tertiary/aromatic N) is 3. The van der Waals surface area contributed by atoms with Crippen LogP contribution in [0.3, 0.4) is 0 Å². The van der Waals surface area contributed by atoms with Crippen LogP contribution in [0.4, 0.5) is 27.4 Å². The minimum atomic E-state index is -0.693. The molecule has 1 aliphatic rings. The molecule has 0 fully saturated rings. The van der Waals surface area contributed by atoms with E-state index >= 15 is 0 Å². The fourth-order valence-electron chi connectivity index (χ4n) is 2.64. The lowest BCUT2D eigenvalue weighted by molar-refractivity contribution is -0.383. The normalized spacial score (nSPS) is 11.6. The summed E-state index contributed by atoms with van der Waals surface area (Å²) in [6.07, 6.45) is 1.09. The van der Waals surface area contributed by atoms with Crippen molar-refractivity contribution in [3.05, 3.63) is 70.3 Å². The molecule has 152 valence electrons. The molecule has 2 aromatic carbocycles. The molecule has 1 aliphatic heterocycles. The molecule has 0 saturated carbocycles. The van der Waals surface area contributed by atoms with Gasteiger partial charge in [-0.05, 0) is 36.4 Å². The van der Waals surface area contributed by atoms with Gasteiger partial charge < -0.3 is 14.8 Å². The third kappa shape index (κ3) is 3.87. The maximum absolute atomic E-state index is 13.0. The Kier molecular flexibility index (Phi) is 4.95. The predicted octanol–water partition coefficient (Wildman–Crippen LogP) is 2.75. The number of hydrogen-bond acceptors (Lipinski definition) is 9. The van der Waals surface area contributed by atoms with Crippen molar-refractivity contribution in [2.45, 2.75) is 0 Å². The fraction of sp³-hybridized carbons (Fsp3) is 0.0556. The first-order chi connectivity index (χ1) is 14.5. The second-order valence-electron chi connectivity index (χ2n) is 5.96. The van der Waals surface area contributed by atoms with Crippen LogP contribution >= 0.6 is 0 Å². The average Bonchev–Trinajstić information content (AvgIpc) is 3.20. The van der Waals surface area contributed by atoms with Crippen molar-refractivity contribution < 1.29 is 23.6 Å². The molecular weight excluding hydrogens is 399 g/mol. The Balaban J connectivity index is 1.54. The van der Waals surface area contributed by atoms with Crippen molar-refractivity contribution in [2.24, 2.45) is 0 Å². The van der Waals surface area contributed by atoms with E-state index in [2.05, 4.69) is 26.1 Å². The minimum absolute atomic E-state index is 0.0915. The largest absolute Gasteiger partial charge is 0.454 e. The summed E-state index contributed by atoms with van der Waals surface area (Å²) in [5.41, 5.74) is 4.82. The van der Waals surface area contributed by atoms with Crippen molar-refractivity contribution >= 4 is 28.9 Å². The van der Waals surface area contributed by atoms with Gasteiger partial charge in [0.15, 0.2) is 11.5 Å². The highest BCUT2D eigenvalue weighted by Gasteiger charge is 2.24. The quantitative estimate of drug-likeness (QED) is 0.412. The summed E-state index contributed by atoms with van der Waals surface area (Å²) >= 11 is 0. The Labute approximate surface area is 168 Å². The van der Waals surface area contributed by atoms with Crippen molar-refractivity contribution in [1.29, 1.82) is 0 Å². The molecule has 1 aromatic heterocycles. The standard InChI is InChI=1S/C18H13FN6O5/c19-11-3-1-10(2-4-11)18(26)24-23-17-15(25(27)28)16(20-8-21-17)22-12-5-6-13-14(7-12)30-9-29-13/h1-8H,9H2,(H,24,26)(H2,20,21,22,23). The highest BCUT2D eigenvalue weighted by molar-refractivity contribution is 5.95. The second-order valence-corrected chi connectivity index (χ2v) is 5.96. The number of ether oxygens (including phenoxy) is 2. The van der Waals surface area contributed by atoms with Gasteiger partial charge in [-0.2, -0.15) is 0 Å². The van der Waals surface area contributed by atoms with Gasteiger partial charge >= 0.3 is 5.69 Å². The van der Waals surface area contributed by atoms with E-state index in [1.165, 1.54) is 12.1 Å². The summed E-state index contributed by atoms with van der Waals surface area (Å²) in [5.74, 6) is -0.426. The first-order valence-corrected chi connectivity index (χ1v) is 8.49. The number of halogens is 1. The zero-order valence-electron chi connectivity index (χ0n) is 15.1. The van der Waals surface area contributed by atoms with E-state index in [1.54, 1.807) is 18.2 Å². The zero-order chi connectivity index (χ0) is 21.1. The third-order valence-corrected chi connectivity index (χ3v) is 4.04. The minimum Gasteiger partial charge on any atom is -0.454 e. The highest BCUT2D eigenvalue weighted by atomic mass is 19.1. The van der Waals surface area contributed by atoms with Gasteiger partial charge in [-0.25, -0.2) is 14.4 Å². The number of hydrazine groups is 1. The summed E-state index contributed by atoms with van der Waals surface area (Å²) in [6, 6.07) is 9.69.